The van der Waals surface area contributed by atoms with Crippen molar-refractivity contribution in [2.24, 2.45) is 0 Å². The van der Waals surface area contributed by atoms with Crippen LogP contribution in [0.2, 0.25) is 0 Å². The molecule has 184 valence electrons. The van der Waals surface area contributed by atoms with Crippen molar-refractivity contribution in [1.29, 1.82) is 0 Å². The van der Waals surface area contributed by atoms with Gasteiger partial charge in [-0.1, -0.05) is 171 Å². The molecule has 0 unspecified atom stereocenters. The molecule has 4 aromatic carbocycles. The topological polar surface area (TPSA) is 0 Å². The van der Waals surface area contributed by atoms with Crippen LogP contribution in [0.4, 0.5) is 0 Å². The number of hydrogen-bond acceptors (Lipinski definition) is 2. The molecule has 4 aromatic rings. The smallest absolute Gasteiger partial charge is 0.0341 e. The van der Waals surface area contributed by atoms with Crippen molar-refractivity contribution in [2.45, 2.75) is 39.0 Å². The first-order valence-corrected chi connectivity index (χ1v) is 18.4. The summed E-state index contributed by atoms with van der Waals surface area (Å²) in [6.07, 6.45) is 5.80. The first kappa shape index (κ1) is 27.0. The normalized spacial score (nSPS) is 12.4. The van der Waals surface area contributed by atoms with E-state index in [1.807, 2.05) is 0 Å². The number of unbranched alkanes of at least 4 members (excludes halogenated alkanes) is 3. The van der Waals surface area contributed by atoms with Crippen molar-refractivity contribution in [1.82, 2.24) is 0 Å². The monoisotopic (exact) mass is 544 g/mol. The maximum Gasteiger partial charge on any atom is 0.0341 e. The minimum Gasteiger partial charge on any atom is -0.0832 e. The van der Waals surface area contributed by atoms with Crippen molar-refractivity contribution in [3.05, 3.63) is 132 Å². The molecule has 0 saturated heterocycles. The molecule has 0 radical (unpaired) electrons. The zero-order valence-electron chi connectivity index (χ0n) is 20.9. The van der Waals surface area contributed by atoms with E-state index in [-0.39, 0.29) is 0 Å². The van der Waals surface area contributed by atoms with Gasteiger partial charge in [-0.05, 0) is 45.2 Å². The number of rotatable bonds is 11. The summed E-state index contributed by atoms with van der Waals surface area (Å²) < 4.78 is 0. The molecule has 0 saturated carbocycles. The number of hydrogen-bond donors (Lipinski definition) is 0. The molecule has 4 heteroatoms. The Morgan fingerprint density at radius 3 is 1.33 bits per heavy atom. The van der Waals surface area contributed by atoms with Crippen LogP contribution in [0, 0.1) is 0 Å². The minimum absolute atomic E-state index is 0.985. The predicted octanol–water partition coefficient (Wildman–Crippen LogP) is 8.06. The second kappa shape index (κ2) is 12.9. The van der Waals surface area contributed by atoms with Gasteiger partial charge in [0, 0.05) is 12.1 Å². The van der Waals surface area contributed by atoms with Gasteiger partial charge in [0.05, 0.1) is 0 Å². The van der Waals surface area contributed by atoms with E-state index in [1.165, 1.54) is 45.8 Å². The summed E-state index contributed by atoms with van der Waals surface area (Å²) in [5.74, 6) is 2.47. The summed E-state index contributed by atoms with van der Waals surface area (Å²) in [5, 5.41) is 6.30. The molecule has 0 nitrogen and oxygen atoms in total. The fraction of sp³-hybridized carbons (Fsp3) is 0.188. The van der Waals surface area contributed by atoms with Gasteiger partial charge in [-0.15, -0.1) is 0 Å². The van der Waals surface area contributed by atoms with Crippen molar-refractivity contribution in [3.8, 4) is 0 Å². The number of allylic oxidation sites excluding steroid dienone is 1. The minimum atomic E-state index is -2.26. The fourth-order valence-electron chi connectivity index (χ4n) is 4.60. The maximum absolute atomic E-state index is 6.82. The predicted molar refractivity (Wildman–Crippen MR) is 170 cm³/mol. The highest BCUT2D eigenvalue weighted by Crippen LogP contribution is 2.59. The van der Waals surface area contributed by atoms with Crippen molar-refractivity contribution in [2.75, 3.05) is 0 Å². The molecule has 0 aliphatic carbocycles. The van der Waals surface area contributed by atoms with E-state index >= 15 is 0 Å². The van der Waals surface area contributed by atoms with Crippen LogP contribution < -0.4 is 21.2 Å². The van der Waals surface area contributed by atoms with Crippen LogP contribution in [0.1, 0.15) is 39.0 Å². The highest BCUT2D eigenvalue weighted by Gasteiger charge is 2.30. The largest absolute Gasteiger partial charge is 0.0832 e. The van der Waals surface area contributed by atoms with Crippen LogP contribution in [0.5, 0.6) is 0 Å². The Kier molecular flexibility index (Phi) is 9.69. The Hall–Kier alpha value is -2.08. The first-order chi connectivity index (χ1) is 17.6. The van der Waals surface area contributed by atoms with Crippen LogP contribution >= 0.6 is 12.1 Å². The highest BCUT2D eigenvalue weighted by molar-refractivity contribution is 8.25. The van der Waals surface area contributed by atoms with E-state index in [0.29, 0.717) is 0 Å². The van der Waals surface area contributed by atoms with Gasteiger partial charge in [-0.2, -0.15) is 0 Å². The third kappa shape index (κ3) is 6.07. The lowest BCUT2D eigenvalue weighted by molar-refractivity contribution is 0.672. The average Bonchev–Trinajstić information content (AvgIpc) is 2.96. The van der Waals surface area contributed by atoms with Gasteiger partial charge in [-0.25, -0.2) is 0 Å². The molecule has 36 heavy (non-hydrogen) atoms. The Bertz CT molecular complexity index is 1260. The van der Waals surface area contributed by atoms with Gasteiger partial charge in [0.1, 0.15) is 0 Å². The quantitative estimate of drug-likeness (QED) is 0.138. The molecule has 4 rings (SSSR count). The van der Waals surface area contributed by atoms with E-state index in [4.69, 9.17) is 23.6 Å². The van der Waals surface area contributed by atoms with Gasteiger partial charge in [-0.3, -0.25) is 0 Å². The average molecular weight is 545 g/mol. The van der Waals surface area contributed by atoms with Crippen LogP contribution in [0.15, 0.2) is 132 Å². The van der Waals surface area contributed by atoms with Gasteiger partial charge in [0.15, 0.2) is 0 Å². The van der Waals surface area contributed by atoms with E-state index in [0.717, 1.165) is 12.8 Å². The van der Waals surface area contributed by atoms with Gasteiger partial charge >= 0.3 is 0 Å². The van der Waals surface area contributed by atoms with E-state index in [1.54, 1.807) is 0 Å². The zero-order chi connectivity index (χ0) is 25.3. The summed E-state index contributed by atoms with van der Waals surface area (Å²) in [6, 6.07) is 38.4. The second-order valence-corrected chi connectivity index (χ2v) is 17.8. The zero-order valence-corrected chi connectivity index (χ0v) is 24.3. The molecule has 0 amide bonds. The van der Waals surface area contributed by atoms with Crippen molar-refractivity contribution in [3.63, 3.8) is 0 Å². The Morgan fingerprint density at radius 2 is 0.944 bits per heavy atom. The van der Waals surface area contributed by atoms with Gasteiger partial charge in [0.25, 0.3) is 0 Å². The maximum atomic E-state index is 6.82. The summed E-state index contributed by atoms with van der Waals surface area (Å²) in [5.41, 5.74) is 0. The lowest BCUT2D eigenvalue weighted by atomic mass is 10.1. The molecule has 0 atom stereocenters. The molecule has 0 bridgehead atoms. The number of benzene rings is 4. The molecule has 0 aliphatic heterocycles. The van der Waals surface area contributed by atoms with Crippen molar-refractivity contribution >= 4 is 56.9 Å². The third-order valence-corrected chi connectivity index (χ3v) is 16.3. The molecular formula is C32H34P2S2. The van der Waals surface area contributed by atoms with E-state index < -0.39 is 12.1 Å². The molecule has 0 aromatic heterocycles. The summed E-state index contributed by atoms with van der Waals surface area (Å²) >= 11 is 13.5. The Morgan fingerprint density at radius 1 is 0.556 bits per heavy atom. The third-order valence-electron chi connectivity index (χ3n) is 6.54. The van der Waals surface area contributed by atoms with Crippen molar-refractivity contribution < 1.29 is 0 Å². The van der Waals surface area contributed by atoms with E-state index in [9.17, 15) is 0 Å². The fourth-order valence-corrected chi connectivity index (χ4v) is 13.5. The lowest BCUT2D eigenvalue weighted by Crippen LogP contribution is -2.19. The highest BCUT2D eigenvalue weighted by atomic mass is 32.4. The summed E-state index contributed by atoms with van der Waals surface area (Å²) in [4.78, 5) is 0. The molecular weight excluding hydrogens is 510 g/mol. The van der Waals surface area contributed by atoms with Crippen LogP contribution in [-0.4, -0.2) is 0 Å². The second-order valence-electron chi connectivity index (χ2n) is 9.04. The standard InChI is InChI=1S/C32H34P2S2/c1-2-3-4-9-26-32(34(36,30-22-14-7-15-23-30)31-24-16-8-17-25-31)27-33(35,28-18-10-5-11-19-28)29-20-12-6-13-21-29/h5-8,10-25,27H,2-4,9,26H2,1H3/b32-27-. The van der Waals surface area contributed by atoms with E-state index in [2.05, 4.69) is 134 Å². The van der Waals surface area contributed by atoms with Crippen LogP contribution in [0.25, 0.3) is 0 Å². The molecule has 0 aliphatic rings. The molecule has 0 N–H and O–H groups in total. The lowest BCUT2D eigenvalue weighted by Gasteiger charge is -2.30. The van der Waals surface area contributed by atoms with Gasteiger partial charge < -0.3 is 0 Å². The molecule has 0 fully saturated rings. The Balaban J connectivity index is 1.98. The molecule has 0 spiro atoms. The Labute approximate surface area is 227 Å². The molecule has 0 heterocycles. The summed E-state index contributed by atoms with van der Waals surface area (Å²) in [7, 11) is 0. The first-order valence-electron chi connectivity index (χ1n) is 12.7. The van der Waals surface area contributed by atoms with Crippen LogP contribution in [-0.2, 0) is 23.6 Å². The van der Waals surface area contributed by atoms with Gasteiger partial charge in [0.2, 0.25) is 0 Å². The SMILES string of the molecule is CCCCCC/C(=C/P(=S)(c1ccccc1)c1ccccc1)P(=S)(c1ccccc1)c1ccccc1. The summed E-state index contributed by atoms with van der Waals surface area (Å²) in [6.45, 7) is 2.26. The van der Waals surface area contributed by atoms with Crippen LogP contribution in [0.3, 0.4) is 0 Å².